The normalized spacial score (nSPS) is 9.18. The Hall–Kier alpha value is -1.75. The van der Waals surface area contributed by atoms with E-state index in [1.54, 1.807) is 12.1 Å². The predicted octanol–water partition coefficient (Wildman–Crippen LogP) is 2.48. The van der Waals surface area contributed by atoms with Crippen LogP contribution in [0.25, 0.3) is 0 Å². The van der Waals surface area contributed by atoms with E-state index in [9.17, 15) is 4.79 Å². The van der Waals surface area contributed by atoms with E-state index in [0.29, 0.717) is 0 Å². The smallest absolute Gasteiger partial charge is 0.257 e. The maximum absolute atomic E-state index is 12.0. The first-order valence-electron chi connectivity index (χ1n) is 4.59. The Morgan fingerprint density at radius 1 is 1.24 bits per heavy atom. The SMILES string of the molecule is N#CCN(CC#N)C(=O)c1cccc(Cl)c1Cl. The van der Waals surface area contributed by atoms with E-state index in [1.807, 2.05) is 12.1 Å². The number of amides is 1. The highest BCUT2D eigenvalue weighted by Gasteiger charge is 2.18. The molecule has 17 heavy (non-hydrogen) atoms. The van der Waals surface area contributed by atoms with Crippen LogP contribution in [-0.4, -0.2) is 23.9 Å². The van der Waals surface area contributed by atoms with Gasteiger partial charge < -0.3 is 4.90 Å². The summed E-state index contributed by atoms with van der Waals surface area (Å²) >= 11 is 11.7. The van der Waals surface area contributed by atoms with Gasteiger partial charge in [-0.15, -0.1) is 0 Å². The molecule has 0 atom stereocenters. The minimum atomic E-state index is -0.486. The van der Waals surface area contributed by atoms with Crippen molar-refractivity contribution in [3.63, 3.8) is 0 Å². The van der Waals surface area contributed by atoms with Crippen LogP contribution in [0.4, 0.5) is 0 Å². The number of nitrogens with zero attached hydrogens (tertiary/aromatic N) is 3. The molecule has 1 rings (SSSR count). The fourth-order valence-electron chi connectivity index (χ4n) is 1.21. The van der Waals surface area contributed by atoms with Gasteiger partial charge in [0.25, 0.3) is 5.91 Å². The van der Waals surface area contributed by atoms with Gasteiger partial charge in [-0.1, -0.05) is 29.3 Å². The largest absolute Gasteiger partial charge is 0.312 e. The molecule has 1 aromatic rings. The molecular formula is C11H7Cl2N3O. The van der Waals surface area contributed by atoms with Gasteiger partial charge in [0, 0.05) is 0 Å². The second-order valence-electron chi connectivity index (χ2n) is 3.08. The van der Waals surface area contributed by atoms with E-state index >= 15 is 0 Å². The molecule has 0 saturated carbocycles. The zero-order chi connectivity index (χ0) is 12.8. The van der Waals surface area contributed by atoms with Crippen molar-refractivity contribution in [2.75, 3.05) is 13.1 Å². The zero-order valence-electron chi connectivity index (χ0n) is 8.65. The Balaban J connectivity index is 3.07. The summed E-state index contributed by atoms with van der Waals surface area (Å²) in [5.41, 5.74) is 0.185. The first-order chi connectivity index (χ1) is 8.11. The molecule has 1 amide bonds. The number of rotatable bonds is 3. The fourth-order valence-corrected chi connectivity index (χ4v) is 1.59. The van der Waals surface area contributed by atoms with Crippen LogP contribution in [0.3, 0.4) is 0 Å². The maximum atomic E-state index is 12.0. The van der Waals surface area contributed by atoms with E-state index in [2.05, 4.69) is 0 Å². The Labute approximate surface area is 109 Å². The third kappa shape index (κ3) is 3.10. The molecule has 0 saturated heterocycles. The summed E-state index contributed by atoms with van der Waals surface area (Å²) in [6.07, 6.45) is 0. The highest BCUT2D eigenvalue weighted by Crippen LogP contribution is 2.26. The van der Waals surface area contributed by atoms with Crippen molar-refractivity contribution >= 4 is 29.1 Å². The van der Waals surface area contributed by atoms with Crippen LogP contribution in [0.2, 0.25) is 10.0 Å². The quantitative estimate of drug-likeness (QED) is 0.791. The van der Waals surface area contributed by atoms with Crippen molar-refractivity contribution in [2.24, 2.45) is 0 Å². The topological polar surface area (TPSA) is 67.9 Å². The third-order valence-electron chi connectivity index (χ3n) is 1.99. The molecule has 86 valence electrons. The second-order valence-corrected chi connectivity index (χ2v) is 3.86. The summed E-state index contributed by atoms with van der Waals surface area (Å²) in [7, 11) is 0. The van der Waals surface area contributed by atoms with Gasteiger partial charge in [-0.3, -0.25) is 4.79 Å². The van der Waals surface area contributed by atoms with Crippen LogP contribution in [0, 0.1) is 22.7 Å². The molecule has 0 aromatic heterocycles. The number of carbonyl (C=O) groups is 1. The lowest BCUT2D eigenvalue weighted by Gasteiger charge is -2.16. The summed E-state index contributed by atoms with van der Waals surface area (Å²) in [6.45, 7) is -0.343. The minimum Gasteiger partial charge on any atom is -0.312 e. The number of hydrogen-bond acceptors (Lipinski definition) is 3. The number of carbonyl (C=O) groups excluding carboxylic acids is 1. The molecule has 0 N–H and O–H groups in total. The summed E-state index contributed by atoms with van der Waals surface area (Å²) < 4.78 is 0. The number of halogens is 2. The summed E-state index contributed by atoms with van der Waals surface area (Å²) in [5.74, 6) is -0.486. The molecule has 1 aromatic carbocycles. The standard InChI is InChI=1S/C11H7Cl2N3O/c12-9-3-1-2-8(10(9)13)11(17)16(6-4-14)7-5-15/h1-3H,6-7H2. The van der Waals surface area contributed by atoms with Crippen molar-refractivity contribution in [1.82, 2.24) is 4.90 Å². The molecule has 0 aliphatic carbocycles. The van der Waals surface area contributed by atoms with Crippen molar-refractivity contribution in [3.05, 3.63) is 33.8 Å². The molecule has 0 aliphatic rings. The Kier molecular flexibility index (Phi) is 4.78. The highest BCUT2D eigenvalue weighted by atomic mass is 35.5. The predicted molar refractivity (Wildman–Crippen MR) is 63.6 cm³/mol. The molecule has 0 spiro atoms. The monoisotopic (exact) mass is 267 g/mol. The molecule has 0 heterocycles. The van der Waals surface area contributed by atoms with Gasteiger partial charge in [0.15, 0.2) is 0 Å². The van der Waals surface area contributed by atoms with Gasteiger partial charge in [0.05, 0.1) is 27.7 Å². The van der Waals surface area contributed by atoms with Crippen molar-refractivity contribution in [2.45, 2.75) is 0 Å². The first kappa shape index (κ1) is 13.3. The number of nitriles is 2. The average molecular weight is 268 g/mol. The minimum absolute atomic E-state index is 0.125. The maximum Gasteiger partial charge on any atom is 0.257 e. The van der Waals surface area contributed by atoms with Gasteiger partial charge in [-0.05, 0) is 12.1 Å². The Morgan fingerprint density at radius 2 is 1.82 bits per heavy atom. The molecule has 0 unspecified atom stereocenters. The molecular weight excluding hydrogens is 261 g/mol. The van der Waals surface area contributed by atoms with E-state index in [0.717, 1.165) is 4.90 Å². The van der Waals surface area contributed by atoms with Crippen LogP contribution in [0.1, 0.15) is 10.4 Å². The summed E-state index contributed by atoms with van der Waals surface area (Å²) in [6, 6.07) is 8.27. The Bertz CT molecular complexity index is 500. The Morgan fingerprint density at radius 3 is 2.35 bits per heavy atom. The van der Waals surface area contributed by atoms with Crippen LogP contribution >= 0.6 is 23.2 Å². The second kappa shape index (κ2) is 6.10. The van der Waals surface area contributed by atoms with Gasteiger partial charge in [-0.2, -0.15) is 10.5 Å². The van der Waals surface area contributed by atoms with Crippen LogP contribution < -0.4 is 0 Å². The van der Waals surface area contributed by atoms with Crippen molar-refractivity contribution in [3.8, 4) is 12.1 Å². The van der Waals surface area contributed by atoms with Gasteiger partial charge in [-0.25, -0.2) is 0 Å². The van der Waals surface area contributed by atoms with Gasteiger partial charge >= 0.3 is 0 Å². The van der Waals surface area contributed by atoms with Crippen LogP contribution in [0.15, 0.2) is 18.2 Å². The fraction of sp³-hybridized carbons (Fsp3) is 0.182. The molecule has 4 nitrogen and oxygen atoms in total. The van der Waals surface area contributed by atoms with Crippen molar-refractivity contribution < 1.29 is 4.79 Å². The molecule has 0 radical (unpaired) electrons. The average Bonchev–Trinajstić information content (AvgIpc) is 2.31. The van der Waals surface area contributed by atoms with E-state index < -0.39 is 5.91 Å². The van der Waals surface area contributed by atoms with E-state index in [-0.39, 0.29) is 28.7 Å². The summed E-state index contributed by atoms with van der Waals surface area (Å²) in [4.78, 5) is 13.1. The third-order valence-corrected chi connectivity index (χ3v) is 2.81. The number of hydrogen-bond donors (Lipinski definition) is 0. The molecule has 0 bridgehead atoms. The van der Waals surface area contributed by atoms with Crippen LogP contribution in [0.5, 0.6) is 0 Å². The van der Waals surface area contributed by atoms with E-state index in [4.69, 9.17) is 33.7 Å². The number of benzene rings is 1. The van der Waals surface area contributed by atoms with Gasteiger partial charge in [0.1, 0.15) is 13.1 Å². The molecule has 0 aliphatic heterocycles. The lowest BCUT2D eigenvalue weighted by atomic mass is 10.2. The zero-order valence-corrected chi connectivity index (χ0v) is 10.2. The van der Waals surface area contributed by atoms with E-state index in [1.165, 1.54) is 6.07 Å². The van der Waals surface area contributed by atoms with Crippen LogP contribution in [-0.2, 0) is 0 Å². The first-order valence-corrected chi connectivity index (χ1v) is 5.34. The van der Waals surface area contributed by atoms with Crippen molar-refractivity contribution in [1.29, 1.82) is 10.5 Å². The highest BCUT2D eigenvalue weighted by molar-refractivity contribution is 6.43. The molecule has 0 fully saturated rings. The lowest BCUT2D eigenvalue weighted by Crippen LogP contribution is -2.32. The molecule has 6 heteroatoms. The lowest BCUT2D eigenvalue weighted by molar-refractivity contribution is 0.0795. The summed E-state index contributed by atoms with van der Waals surface area (Å²) in [5, 5.41) is 17.5. The van der Waals surface area contributed by atoms with Gasteiger partial charge in [0.2, 0.25) is 0 Å².